The highest BCUT2D eigenvalue weighted by Gasteiger charge is 2.18. The van der Waals surface area contributed by atoms with Gasteiger partial charge in [-0.2, -0.15) is 0 Å². The fourth-order valence-corrected chi connectivity index (χ4v) is 3.08. The van der Waals surface area contributed by atoms with Gasteiger partial charge in [-0.05, 0) is 31.5 Å². The van der Waals surface area contributed by atoms with Crippen LogP contribution < -0.4 is 0 Å². The monoisotopic (exact) mass is 337 g/mol. The average Bonchev–Trinajstić information content (AvgIpc) is 2.68. The zero-order valence-electron chi connectivity index (χ0n) is 14.9. The topological polar surface area (TPSA) is 30.0 Å². The second-order valence-corrected chi connectivity index (χ2v) is 6.64. The molecule has 126 valence electrons. The van der Waals surface area contributed by atoms with Crippen molar-refractivity contribution < 1.29 is 4.79 Å². The van der Waals surface area contributed by atoms with Gasteiger partial charge in [-0.3, -0.25) is 4.79 Å². The lowest BCUT2D eigenvalue weighted by Crippen LogP contribution is -2.07. The van der Waals surface area contributed by atoms with Crippen LogP contribution in [0.3, 0.4) is 0 Å². The largest absolute Gasteiger partial charge is 0.287 e. The summed E-state index contributed by atoms with van der Waals surface area (Å²) >= 11 is 0. The Morgan fingerprint density at radius 2 is 1.38 bits per heavy atom. The molecule has 0 aliphatic carbocycles. The van der Waals surface area contributed by atoms with Gasteiger partial charge in [0.1, 0.15) is 5.69 Å². The van der Waals surface area contributed by atoms with Crippen molar-refractivity contribution in [3.8, 4) is 11.1 Å². The SMILES string of the molecule is Cc1ccc(C(=O)c2nc3ccccc3cc2-c2ccc(C)cc2)cc1. The molecule has 0 aliphatic rings. The van der Waals surface area contributed by atoms with Crippen molar-refractivity contribution in [1.29, 1.82) is 0 Å². The Hall–Kier alpha value is -3.26. The van der Waals surface area contributed by atoms with E-state index in [0.717, 1.165) is 27.6 Å². The van der Waals surface area contributed by atoms with Crippen LogP contribution >= 0.6 is 0 Å². The molecular weight excluding hydrogens is 318 g/mol. The third-order valence-electron chi connectivity index (χ3n) is 4.62. The second-order valence-electron chi connectivity index (χ2n) is 6.64. The van der Waals surface area contributed by atoms with Gasteiger partial charge in [0, 0.05) is 16.5 Å². The molecule has 0 saturated carbocycles. The number of nitrogens with zero attached hydrogens (tertiary/aromatic N) is 1. The minimum atomic E-state index is -0.0497. The van der Waals surface area contributed by atoms with Crippen LogP contribution in [0.5, 0.6) is 0 Å². The van der Waals surface area contributed by atoms with Gasteiger partial charge in [0.15, 0.2) is 0 Å². The number of aromatic nitrogens is 1. The highest BCUT2D eigenvalue weighted by Crippen LogP contribution is 2.28. The predicted octanol–water partition coefficient (Wildman–Crippen LogP) is 5.75. The van der Waals surface area contributed by atoms with Crippen molar-refractivity contribution in [3.05, 3.63) is 101 Å². The van der Waals surface area contributed by atoms with Gasteiger partial charge in [-0.25, -0.2) is 4.98 Å². The number of carbonyl (C=O) groups excluding carboxylic acids is 1. The van der Waals surface area contributed by atoms with E-state index >= 15 is 0 Å². The maximum absolute atomic E-state index is 13.2. The van der Waals surface area contributed by atoms with E-state index in [9.17, 15) is 4.79 Å². The van der Waals surface area contributed by atoms with Crippen molar-refractivity contribution in [2.45, 2.75) is 13.8 Å². The van der Waals surface area contributed by atoms with Gasteiger partial charge in [-0.1, -0.05) is 77.9 Å². The van der Waals surface area contributed by atoms with E-state index in [0.29, 0.717) is 11.3 Å². The van der Waals surface area contributed by atoms with Crippen LogP contribution in [0.2, 0.25) is 0 Å². The number of benzene rings is 3. The first-order valence-corrected chi connectivity index (χ1v) is 8.70. The fraction of sp³-hybridized carbons (Fsp3) is 0.0833. The number of rotatable bonds is 3. The molecule has 2 nitrogen and oxygen atoms in total. The Balaban J connectivity index is 1.93. The van der Waals surface area contributed by atoms with Crippen LogP contribution in [-0.2, 0) is 0 Å². The first-order chi connectivity index (χ1) is 12.6. The van der Waals surface area contributed by atoms with Gasteiger partial charge in [0.25, 0.3) is 0 Å². The van der Waals surface area contributed by atoms with Gasteiger partial charge in [0.2, 0.25) is 5.78 Å². The third kappa shape index (κ3) is 3.02. The summed E-state index contributed by atoms with van der Waals surface area (Å²) in [5, 5.41) is 1.03. The Bertz CT molecular complexity index is 1090. The van der Waals surface area contributed by atoms with E-state index in [1.807, 2.05) is 67.6 Å². The molecule has 4 aromatic rings. The summed E-state index contributed by atoms with van der Waals surface area (Å²) < 4.78 is 0. The van der Waals surface area contributed by atoms with E-state index in [-0.39, 0.29) is 5.78 Å². The number of ketones is 1. The molecule has 0 radical (unpaired) electrons. The lowest BCUT2D eigenvalue weighted by Gasteiger charge is -2.11. The molecule has 0 amide bonds. The molecular formula is C24H19NO. The van der Waals surface area contributed by atoms with Crippen LogP contribution in [0.15, 0.2) is 78.9 Å². The fourth-order valence-electron chi connectivity index (χ4n) is 3.08. The quantitative estimate of drug-likeness (QED) is 0.446. The van der Waals surface area contributed by atoms with Gasteiger partial charge >= 0.3 is 0 Å². The number of hydrogen-bond acceptors (Lipinski definition) is 2. The molecule has 1 heterocycles. The Kier molecular flexibility index (Phi) is 4.10. The van der Waals surface area contributed by atoms with Crippen LogP contribution in [0, 0.1) is 13.8 Å². The first kappa shape index (κ1) is 16.2. The van der Waals surface area contributed by atoms with Crippen molar-refractivity contribution in [1.82, 2.24) is 4.98 Å². The first-order valence-electron chi connectivity index (χ1n) is 8.70. The van der Waals surface area contributed by atoms with Gasteiger partial charge in [0.05, 0.1) is 5.52 Å². The molecule has 0 saturated heterocycles. The number of carbonyl (C=O) groups is 1. The summed E-state index contributed by atoms with van der Waals surface area (Å²) in [6.07, 6.45) is 0. The molecule has 26 heavy (non-hydrogen) atoms. The zero-order chi connectivity index (χ0) is 18.1. The average molecular weight is 337 g/mol. The molecule has 0 bridgehead atoms. The lowest BCUT2D eigenvalue weighted by atomic mass is 9.96. The van der Waals surface area contributed by atoms with E-state index in [4.69, 9.17) is 4.98 Å². The molecule has 0 unspecified atom stereocenters. The highest BCUT2D eigenvalue weighted by molar-refractivity contribution is 6.12. The van der Waals surface area contributed by atoms with Crippen LogP contribution in [-0.4, -0.2) is 10.8 Å². The molecule has 0 atom stereocenters. The van der Waals surface area contributed by atoms with E-state index in [2.05, 4.69) is 25.1 Å². The van der Waals surface area contributed by atoms with Crippen LogP contribution in [0.1, 0.15) is 27.2 Å². The maximum atomic E-state index is 13.2. The second kappa shape index (κ2) is 6.57. The summed E-state index contributed by atoms with van der Waals surface area (Å²) in [4.78, 5) is 17.9. The molecule has 2 heteroatoms. The molecule has 4 rings (SSSR count). The summed E-state index contributed by atoms with van der Waals surface area (Å²) in [5.74, 6) is -0.0497. The summed E-state index contributed by atoms with van der Waals surface area (Å²) in [5.41, 5.74) is 6.18. The molecule has 0 N–H and O–H groups in total. The van der Waals surface area contributed by atoms with Crippen LogP contribution in [0.25, 0.3) is 22.0 Å². The lowest BCUT2D eigenvalue weighted by molar-refractivity contribution is 0.103. The molecule has 0 fully saturated rings. The van der Waals surface area contributed by atoms with Crippen molar-refractivity contribution in [3.63, 3.8) is 0 Å². The van der Waals surface area contributed by atoms with Crippen molar-refractivity contribution >= 4 is 16.7 Å². The van der Waals surface area contributed by atoms with E-state index in [1.165, 1.54) is 5.56 Å². The minimum absolute atomic E-state index is 0.0497. The van der Waals surface area contributed by atoms with Gasteiger partial charge in [-0.15, -0.1) is 0 Å². The Morgan fingerprint density at radius 1 is 0.769 bits per heavy atom. The number of fused-ring (bicyclic) bond motifs is 1. The number of pyridine rings is 1. The summed E-state index contributed by atoms with van der Waals surface area (Å²) in [6, 6.07) is 25.8. The molecule has 1 aromatic heterocycles. The number of hydrogen-bond donors (Lipinski definition) is 0. The number of para-hydroxylation sites is 1. The van der Waals surface area contributed by atoms with E-state index in [1.54, 1.807) is 0 Å². The van der Waals surface area contributed by atoms with E-state index < -0.39 is 0 Å². The predicted molar refractivity (Wildman–Crippen MR) is 107 cm³/mol. The Morgan fingerprint density at radius 3 is 2.08 bits per heavy atom. The molecule has 3 aromatic carbocycles. The highest BCUT2D eigenvalue weighted by atomic mass is 16.1. The van der Waals surface area contributed by atoms with Gasteiger partial charge < -0.3 is 0 Å². The van der Waals surface area contributed by atoms with Crippen LogP contribution in [0.4, 0.5) is 0 Å². The van der Waals surface area contributed by atoms with Crippen molar-refractivity contribution in [2.24, 2.45) is 0 Å². The minimum Gasteiger partial charge on any atom is -0.287 e. The summed E-state index contributed by atoms with van der Waals surface area (Å²) in [6.45, 7) is 4.07. The molecule has 0 spiro atoms. The standard InChI is InChI=1S/C24H19NO/c1-16-7-11-18(12-8-16)21-15-20-5-3-4-6-22(20)25-23(21)24(26)19-13-9-17(2)10-14-19/h3-15H,1-2H3. The Labute approximate surface area is 153 Å². The van der Waals surface area contributed by atoms with Crippen molar-refractivity contribution in [2.75, 3.05) is 0 Å². The number of aryl methyl sites for hydroxylation is 2. The normalized spacial score (nSPS) is 10.8. The summed E-state index contributed by atoms with van der Waals surface area (Å²) in [7, 11) is 0. The smallest absolute Gasteiger partial charge is 0.212 e. The molecule has 0 aliphatic heterocycles. The zero-order valence-corrected chi connectivity index (χ0v) is 14.9. The third-order valence-corrected chi connectivity index (χ3v) is 4.62. The maximum Gasteiger partial charge on any atom is 0.212 e.